The Morgan fingerprint density at radius 2 is 1.97 bits per heavy atom. The largest absolute Gasteiger partial charge is 0.376 e. The second-order valence-corrected chi connectivity index (χ2v) is 7.88. The lowest BCUT2D eigenvalue weighted by atomic mass is 10.1. The van der Waals surface area contributed by atoms with Gasteiger partial charge in [0.15, 0.2) is 0 Å². The first kappa shape index (κ1) is 20.2. The summed E-state index contributed by atoms with van der Waals surface area (Å²) in [5, 5.41) is 7.09. The number of benzene rings is 2. The van der Waals surface area contributed by atoms with Gasteiger partial charge in [0.1, 0.15) is 5.82 Å². The number of amides is 1. The van der Waals surface area contributed by atoms with Crippen LogP contribution >= 0.6 is 0 Å². The van der Waals surface area contributed by atoms with Crippen LogP contribution in [-0.4, -0.2) is 34.1 Å². The number of nitrogens with one attached hydrogen (secondary N) is 2. The number of carbonyl (C=O) groups excluding carboxylic acids is 1. The Labute approximate surface area is 186 Å². The number of hydrogen-bond acceptors (Lipinski definition) is 5. The summed E-state index contributed by atoms with van der Waals surface area (Å²) in [6.07, 6.45) is 0.743. The third kappa shape index (κ3) is 3.61. The predicted octanol–water partition coefficient (Wildman–Crippen LogP) is 3.77. The number of fused-ring (bicyclic) bond motifs is 2. The molecule has 7 heteroatoms. The molecule has 0 atom stereocenters. The highest BCUT2D eigenvalue weighted by molar-refractivity contribution is 6.07. The van der Waals surface area contributed by atoms with E-state index in [2.05, 4.69) is 22.8 Å². The van der Waals surface area contributed by atoms with E-state index in [0.717, 1.165) is 40.1 Å². The van der Waals surface area contributed by atoms with Crippen molar-refractivity contribution in [2.75, 3.05) is 19.0 Å². The van der Waals surface area contributed by atoms with Gasteiger partial charge in [-0.25, -0.2) is 4.98 Å². The molecule has 2 aromatic carbocycles. The fraction of sp³-hybridized carbons (Fsp3) is 0.240. The molecule has 1 amide bonds. The third-order valence-electron chi connectivity index (χ3n) is 5.81. The number of aromatic nitrogens is 3. The van der Waals surface area contributed by atoms with E-state index in [4.69, 9.17) is 14.7 Å². The standard InChI is InChI=1S/C25H25N5O2/c1-16-13-19-18(24(31)26-2)9-6-10-22(19)30(16)25-28-21-11-12-32-15-20(21)23(29-25)27-14-17-7-4-3-5-8-17/h3-10,13H,11-12,14-15H2,1-2H3,(H,26,31)(H,27,28,29). The zero-order valence-electron chi connectivity index (χ0n) is 18.2. The molecule has 0 radical (unpaired) electrons. The molecule has 0 saturated carbocycles. The summed E-state index contributed by atoms with van der Waals surface area (Å²) in [5.41, 5.74) is 5.70. The summed E-state index contributed by atoms with van der Waals surface area (Å²) in [6, 6.07) is 18.0. The Bertz CT molecular complexity index is 1300. The molecule has 5 rings (SSSR count). The minimum atomic E-state index is -0.110. The molecule has 2 aromatic heterocycles. The maximum absolute atomic E-state index is 12.4. The zero-order valence-corrected chi connectivity index (χ0v) is 18.2. The smallest absolute Gasteiger partial charge is 0.251 e. The van der Waals surface area contributed by atoms with Crippen molar-refractivity contribution in [2.24, 2.45) is 0 Å². The molecular weight excluding hydrogens is 402 g/mol. The topological polar surface area (TPSA) is 81.1 Å². The first-order chi connectivity index (χ1) is 15.7. The lowest BCUT2D eigenvalue weighted by Crippen LogP contribution is -2.19. The van der Waals surface area contributed by atoms with Crippen molar-refractivity contribution in [1.29, 1.82) is 0 Å². The average molecular weight is 428 g/mol. The van der Waals surface area contributed by atoms with Gasteiger partial charge in [0, 0.05) is 42.2 Å². The predicted molar refractivity (Wildman–Crippen MR) is 124 cm³/mol. The Hall–Kier alpha value is -3.71. The molecule has 0 aliphatic carbocycles. The lowest BCUT2D eigenvalue weighted by Gasteiger charge is -2.21. The second kappa shape index (κ2) is 8.43. The van der Waals surface area contributed by atoms with Crippen molar-refractivity contribution in [3.05, 3.63) is 82.7 Å². The highest BCUT2D eigenvalue weighted by atomic mass is 16.5. The summed E-state index contributed by atoms with van der Waals surface area (Å²) < 4.78 is 7.72. The molecular formula is C25H25N5O2. The van der Waals surface area contributed by atoms with Crippen LogP contribution in [0.1, 0.15) is 32.9 Å². The van der Waals surface area contributed by atoms with E-state index >= 15 is 0 Å². The number of aryl methyl sites for hydroxylation is 1. The molecule has 2 N–H and O–H groups in total. The number of ether oxygens (including phenoxy) is 1. The van der Waals surface area contributed by atoms with Crippen LogP contribution in [-0.2, 0) is 24.3 Å². The van der Waals surface area contributed by atoms with Crippen LogP contribution in [0, 0.1) is 6.92 Å². The maximum atomic E-state index is 12.4. The van der Waals surface area contributed by atoms with Crippen LogP contribution in [0.5, 0.6) is 0 Å². The van der Waals surface area contributed by atoms with Crippen LogP contribution < -0.4 is 10.6 Å². The highest BCUT2D eigenvalue weighted by Gasteiger charge is 2.21. The van der Waals surface area contributed by atoms with E-state index < -0.39 is 0 Å². The fourth-order valence-corrected chi connectivity index (χ4v) is 4.21. The first-order valence-corrected chi connectivity index (χ1v) is 10.7. The molecule has 1 aliphatic heterocycles. The van der Waals surface area contributed by atoms with Crippen molar-refractivity contribution in [1.82, 2.24) is 19.9 Å². The van der Waals surface area contributed by atoms with Gasteiger partial charge >= 0.3 is 0 Å². The van der Waals surface area contributed by atoms with Gasteiger partial charge < -0.3 is 15.4 Å². The Morgan fingerprint density at radius 1 is 1.12 bits per heavy atom. The Kier molecular flexibility index (Phi) is 5.33. The average Bonchev–Trinajstić information content (AvgIpc) is 3.18. The summed E-state index contributed by atoms with van der Waals surface area (Å²) >= 11 is 0. The number of nitrogens with zero attached hydrogens (tertiary/aromatic N) is 3. The van der Waals surface area contributed by atoms with Crippen molar-refractivity contribution < 1.29 is 9.53 Å². The zero-order chi connectivity index (χ0) is 22.1. The van der Waals surface area contributed by atoms with Gasteiger partial charge in [-0.2, -0.15) is 4.98 Å². The lowest BCUT2D eigenvalue weighted by molar-refractivity contribution is 0.0964. The van der Waals surface area contributed by atoms with Crippen molar-refractivity contribution >= 4 is 22.6 Å². The van der Waals surface area contributed by atoms with E-state index in [1.54, 1.807) is 7.05 Å². The number of anilines is 1. The molecule has 0 spiro atoms. The molecule has 162 valence electrons. The van der Waals surface area contributed by atoms with Gasteiger partial charge in [0.05, 0.1) is 24.4 Å². The van der Waals surface area contributed by atoms with Crippen molar-refractivity contribution in [2.45, 2.75) is 26.5 Å². The van der Waals surface area contributed by atoms with Gasteiger partial charge in [0.25, 0.3) is 5.91 Å². The second-order valence-electron chi connectivity index (χ2n) is 7.88. The summed E-state index contributed by atoms with van der Waals surface area (Å²) in [5.74, 6) is 1.28. The number of carbonyl (C=O) groups is 1. The Balaban J connectivity index is 1.62. The first-order valence-electron chi connectivity index (χ1n) is 10.7. The van der Waals surface area contributed by atoms with Crippen LogP contribution in [0.15, 0.2) is 54.6 Å². The normalized spacial score (nSPS) is 13.1. The summed E-state index contributed by atoms with van der Waals surface area (Å²) in [7, 11) is 1.64. The van der Waals surface area contributed by atoms with Gasteiger partial charge in [-0.15, -0.1) is 0 Å². The third-order valence-corrected chi connectivity index (χ3v) is 5.81. The van der Waals surface area contributed by atoms with Crippen molar-refractivity contribution in [3.8, 4) is 5.95 Å². The molecule has 0 saturated heterocycles. The minimum absolute atomic E-state index is 0.110. The highest BCUT2D eigenvalue weighted by Crippen LogP contribution is 2.29. The molecule has 4 aromatic rings. The van der Waals surface area contributed by atoms with E-state index in [1.807, 2.05) is 54.0 Å². The number of rotatable bonds is 5. The SMILES string of the molecule is CNC(=O)c1cccc2c1cc(C)n2-c1nc2c(c(NCc3ccccc3)n1)COCC2. The quantitative estimate of drug-likeness (QED) is 0.507. The molecule has 0 fully saturated rings. The van der Waals surface area contributed by atoms with E-state index in [9.17, 15) is 4.79 Å². The molecule has 1 aliphatic rings. The molecule has 32 heavy (non-hydrogen) atoms. The fourth-order valence-electron chi connectivity index (χ4n) is 4.21. The molecule has 0 bridgehead atoms. The van der Waals surface area contributed by atoms with Gasteiger partial charge in [0.2, 0.25) is 5.95 Å². The number of hydrogen-bond donors (Lipinski definition) is 2. The van der Waals surface area contributed by atoms with Crippen LogP contribution in [0.2, 0.25) is 0 Å². The summed E-state index contributed by atoms with van der Waals surface area (Å²) in [4.78, 5) is 22.2. The Morgan fingerprint density at radius 3 is 2.78 bits per heavy atom. The van der Waals surface area contributed by atoms with E-state index in [1.165, 1.54) is 5.56 Å². The van der Waals surface area contributed by atoms with Crippen LogP contribution in [0.3, 0.4) is 0 Å². The minimum Gasteiger partial charge on any atom is -0.376 e. The summed E-state index contributed by atoms with van der Waals surface area (Å²) in [6.45, 7) is 3.82. The van der Waals surface area contributed by atoms with Crippen molar-refractivity contribution in [3.63, 3.8) is 0 Å². The molecule has 0 unspecified atom stereocenters. The maximum Gasteiger partial charge on any atom is 0.251 e. The van der Waals surface area contributed by atoms with E-state index in [0.29, 0.717) is 31.3 Å². The molecule has 3 heterocycles. The van der Waals surface area contributed by atoms with Gasteiger partial charge in [-0.05, 0) is 30.7 Å². The van der Waals surface area contributed by atoms with E-state index in [-0.39, 0.29) is 5.91 Å². The van der Waals surface area contributed by atoms with Crippen LogP contribution in [0.25, 0.3) is 16.9 Å². The van der Waals surface area contributed by atoms with Gasteiger partial charge in [-0.3, -0.25) is 9.36 Å². The monoisotopic (exact) mass is 427 g/mol. The van der Waals surface area contributed by atoms with Gasteiger partial charge in [-0.1, -0.05) is 36.4 Å². The molecule has 7 nitrogen and oxygen atoms in total. The van der Waals surface area contributed by atoms with Crippen LogP contribution in [0.4, 0.5) is 5.82 Å².